The maximum atomic E-state index is 13.6. The zero-order chi connectivity index (χ0) is 19.5. The van der Waals surface area contributed by atoms with Crippen molar-refractivity contribution >= 4 is 22.6 Å². The molecule has 0 bridgehead atoms. The van der Waals surface area contributed by atoms with Crippen LogP contribution in [0.2, 0.25) is 0 Å². The number of rotatable bonds is 3. The topological polar surface area (TPSA) is 49.4 Å². The maximum absolute atomic E-state index is 13.6. The number of amides is 2. The molecule has 1 saturated heterocycles. The summed E-state index contributed by atoms with van der Waals surface area (Å²) >= 11 is 0. The summed E-state index contributed by atoms with van der Waals surface area (Å²) in [5, 5.41) is 5.08. The van der Waals surface area contributed by atoms with Crippen LogP contribution in [0.1, 0.15) is 41.7 Å². The van der Waals surface area contributed by atoms with E-state index in [1.54, 1.807) is 6.92 Å². The van der Waals surface area contributed by atoms with Gasteiger partial charge >= 0.3 is 0 Å². The van der Waals surface area contributed by atoms with E-state index < -0.39 is 0 Å². The van der Waals surface area contributed by atoms with E-state index >= 15 is 0 Å². The van der Waals surface area contributed by atoms with Gasteiger partial charge in [-0.2, -0.15) is 0 Å². The fourth-order valence-electron chi connectivity index (χ4n) is 4.18. The highest BCUT2D eigenvalue weighted by Crippen LogP contribution is 2.33. The molecule has 1 N–H and O–H groups in total. The summed E-state index contributed by atoms with van der Waals surface area (Å²) in [6, 6.07) is 24.0. The van der Waals surface area contributed by atoms with Gasteiger partial charge in [-0.05, 0) is 35.2 Å². The highest BCUT2D eigenvalue weighted by atomic mass is 16.2. The van der Waals surface area contributed by atoms with Crippen LogP contribution in [0.5, 0.6) is 0 Å². The predicted molar refractivity (Wildman–Crippen MR) is 111 cm³/mol. The SMILES string of the molecule is CC(=O)N[C@H]1CCN(C(=O)c2cccc3ccccc23)[C@@H](c2ccccc2)C1. The first-order valence-corrected chi connectivity index (χ1v) is 9.74. The van der Waals surface area contributed by atoms with Crippen LogP contribution in [0.25, 0.3) is 10.8 Å². The molecule has 0 aromatic heterocycles. The van der Waals surface area contributed by atoms with Crippen LogP contribution in [-0.2, 0) is 4.79 Å². The molecule has 1 aliphatic heterocycles. The van der Waals surface area contributed by atoms with Crippen LogP contribution < -0.4 is 5.32 Å². The first kappa shape index (κ1) is 18.2. The van der Waals surface area contributed by atoms with Crippen molar-refractivity contribution in [1.82, 2.24) is 10.2 Å². The summed E-state index contributed by atoms with van der Waals surface area (Å²) in [7, 11) is 0. The van der Waals surface area contributed by atoms with Gasteiger partial charge in [-0.3, -0.25) is 9.59 Å². The van der Waals surface area contributed by atoms with Crippen LogP contribution in [0.3, 0.4) is 0 Å². The molecule has 0 saturated carbocycles. The molecule has 1 heterocycles. The zero-order valence-corrected chi connectivity index (χ0v) is 16.0. The lowest BCUT2D eigenvalue weighted by Gasteiger charge is -2.40. The van der Waals surface area contributed by atoms with Crippen LogP contribution >= 0.6 is 0 Å². The molecule has 0 radical (unpaired) electrons. The molecule has 2 amide bonds. The number of nitrogens with one attached hydrogen (secondary N) is 1. The minimum atomic E-state index is -0.0572. The molecule has 4 nitrogen and oxygen atoms in total. The van der Waals surface area contributed by atoms with Gasteiger partial charge in [0.25, 0.3) is 5.91 Å². The normalized spacial score (nSPS) is 19.4. The molecule has 4 rings (SSSR count). The van der Waals surface area contributed by atoms with Crippen molar-refractivity contribution in [2.24, 2.45) is 0 Å². The van der Waals surface area contributed by atoms with Crippen LogP contribution in [-0.4, -0.2) is 29.3 Å². The molecule has 2 atom stereocenters. The number of piperidine rings is 1. The molecule has 3 aromatic rings. The van der Waals surface area contributed by atoms with Gasteiger partial charge in [0.2, 0.25) is 5.91 Å². The van der Waals surface area contributed by atoms with Crippen molar-refractivity contribution < 1.29 is 9.59 Å². The lowest BCUT2D eigenvalue weighted by molar-refractivity contribution is -0.120. The summed E-state index contributed by atoms with van der Waals surface area (Å²) in [5.41, 5.74) is 1.84. The second-order valence-electron chi connectivity index (χ2n) is 7.37. The summed E-state index contributed by atoms with van der Waals surface area (Å²) in [6.07, 6.45) is 1.49. The van der Waals surface area contributed by atoms with Gasteiger partial charge in [-0.1, -0.05) is 66.7 Å². The van der Waals surface area contributed by atoms with Crippen LogP contribution in [0.15, 0.2) is 72.8 Å². The van der Waals surface area contributed by atoms with Crippen LogP contribution in [0.4, 0.5) is 0 Å². The number of fused-ring (bicyclic) bond motifs is 1. The Morgan fingerprint density at radius 1 is 0.929 bits per heavy atom. The molecule has 28 heavy (non-hydrogen) atoms. The highest BCUT2D eigenvalue weighted by molar-refractivity contribution is 6.07. The third kappa shape index (κ3) is 3.63. The number of carbonyl (C=O) groups excluding carboxylic acids is 2. The third-order valence-corrected chi connectivity index (χ3v) is 5.48. The van der Waals surface area contributed by atoms with Gasteiger partial charge in [0, 0.05) is 25.1 Å². The standard InChI is InChI=1S/C24H24N2O2/c1-17(27)25-20-14-15-26(23(16-20)19-9-3-2-4-10-19)24(28)22-13-7-11-18-8-5-6-12-21(18)22/h2-13,20,23H,14-16H2,1H3,(H,25,27)/t20-,23+/m0/s1. The van der Waals surface area contributed by atoms with E-state index in [0.29, 0.717) is 6.54 Å². The van der Waals surface area contributed by atoms with E-state index in [1.807, 2.05) is 65.6 Å². The summed E-state index contributed by atoms with van der Waals surface area (Å²) < 4.78 is 0. The number of likely N-dealkylation sites (tertiary alicyclic amines) is 1. The van der Waals surface area contributed by atoms with Crippen molar-refractivity contribution in [2.45, 2.75) is 31.8 Å². The smallest absolute Gasteiger partial charge is 0.254 e. The minimum absolute atomic E-state index is 0.0226. The van der Waals surface area contributed by atoms with Gasteiger partial charge in [0.15, 0.2) is 0 Å². The fraction of sp³-hybridized carbons (Fsp3) is 0.250. The molecule has 0 spiro atoms. The largest absolute Gasteiger partial charge is 0.353 e. The second-order valence-corrected chi connectivity index (χ2v) is 7.37. The number of nitrogens with zero attached hydrogens (tertiary/aromatic N) is 1. The summed E-state index contributed by atoms with van der Waals surface area (Å²) in [5.74, 6) is 0.0255. The van der Waals surface area contributed by atoms with Crippen LogP contribution in [0, 0.1) is 0 Å². The molecular weight excluding hydrogens is 348 g/mol. The Morgan fingerprint density at radius 2 is 1.64 bits per heavy atom. The molecule has 1 fully saturated rings. The van der Waals surface area contributed by atoms with Gasteiger partial charge < -0.3 is 10.2 Å². The van der Waals surface area contributed by atoms with Gasteiger partial charge in [0.1, 0.15) is 0 Å². The van der Waals surface area contributed by atoms with E-state index in [-0.39, 0.29) is 23.9 Å². The Morgan fingerprint density at radius 3 is 2.43 bits per heavy atom. The van der Waals surface area contributed by atoms with E-state index in [2.05, 4.69) is 17.4 Å². The second kappa shape index (κ2) is 7.85. The first-order valence-electron chi connectivity index (χ1n) is 9.74. The van der Waals surface area contributed by atoms with Gasteiger partial charge in [-0.15, -0.1) is 0 Å². The maximum Gasteiger partial charge on any atom is 0.254 e. The van der Waals surface area contributed by atoms with Gasteiger partial charge in [-0.25, -0.2) is 0 Å². The first-order chi connectivity index (χ1) is 13.6. The Balaban J connectivity index is 1.69. The van der Waals surface area contributed by atoms with E-state index in [1.165, 1.54) is 0 Å². The highest BCUT2D eigenvalue weighted by Gasteiger charge is 2.33. The number of hydrogen-bond donors (Lipinski definition) is 1. The summed E-state index contributed by atoms with van der Waals surface area (Å²) in [4.78, 5) is 27.1. The molecule has 0 aliphatic carbocycles. The lowest BCUT2D eigenvalue weighted by Crippen LogP contribution is -2.47. The van der Waals surface area contributed by atoms with Crippen molar-refractivity contribution in [1.29, 1.82) is 0 Å². The van der Waals surface area contributed by atoms with Crippen molar-refractivity contribution in [2.75, 3.05) is 6.54 Å². The van der Waals surface area contributed by atoms with Crippen molar-refractivity contribution in [3.63, 3.8) is 0 Å². The van der Waals surface area contributed by atoms with E-state index in [0.717, 1.165) is 34.7 Å². The Hall–Kier alpha value is -3.14. The monoisotopic (exact) mass is 372 g/mol. The Bertz CT molecular complexity index is 994. The molecule has 0 unspecified atom stereocenters. The number of carbonyl (C=O) groups is 2. The molecular formula is C24H24N2O2. The van der Waals surface area contributed by atoms with Gasteiger partial charge in [0.05, 0.1) is 6.04 Å². The van der Waals surface area contributed by atoms with Crippen molar-refractivity contribution in [3.05, 3.63) is 83.9 Å². The molecule has 3 aromatic carbocycles. The molecule has 142 valence electrons. The zero-order valence-electron chi connectivity index (χ0n) is 16.0. The van der Waals surface area contributed by atoms with E-state index in [9.17, 15) is 9.59 Å². The van der Waals surface area contributed by atoms with Crippen molar-refractivity contribution in [3.8, 4) is 0 Å². The van der Waals surface area contributed by atoms with E-state index in [4.69, 9.17) is 0 Å². The average Bonchev–Trinajstić information content (AvgIpc) is 2.73. The average molecular weight is 372 g/mol. The summed E-state index contributed by atoms with van der Waals surface area (Å²) in [6.45, 7) is 2.16. The Kier molecular flexibility index (Phi) is 5.11. The third-order valence-electron chi connectivity index (χ3n) is 5.48. The quantitative estimate of drug-likeness (QED) is 0.744. The number of benzene rings is 3. The lowest BCUT2D eigenvalue weighted by atomic mass is 9.90. The minimum Gasteiger partial charge on any atom is -0.353 e. The Labute approximate surface area is 165 Å². The predicted octanol–water partition coefficient (Wildman–Crippen LogP) is 4.32. The molecule has 1 aliphatic rings. The fourth-order valence-corrected chi connectivity index (χ4v) is 4.18. The number of hydrogen-bond acceptors (Lipinski definition) is 2. The molecule has 4 heteroatoms.